The first-order valence-electron chi connectivity index (χ1n) is 9.61. The highest BCUT2D eigenvalue weighted by atomic mass is 16.7. The van der Waals surface area contributed by atoms with Crippen LogP contribution in [0.3, 0.4) is 0 Å². The van der Waals surface area contributed by atoms with E-state index in [1.165, 1.54) is 32.4 Å². The van der Waals surface area contributed by atoms with Crippen molar-refractivity contribution in [2.45, 2.75) is 12.9 Å². The molecule has 0 N–H and O–H groups in total. The third kappa shape index (κ3) is 5.60. The topological polar surface area (TPSA) is 100 Å². The minimum atomic E-state index is -0.992. The molecule has 9 heteroatoms. The van der Waals surface area contributed by atoms with Crippen molar-refractivity contribution >= 4 is 17.5 Å². The first-order chi connectivity index (χ1) is 15.5. The zero-order valence-corrected chi connectivity index (χ0v) is 17.5. The zero-order valence-electron chi connectivity index (χ0n) is 17.5. The number of nitro benzene ring substituents is 1. The van der Waals surface area contributed by atoms with Crippen LogP contribution in [-0.4, -0.2) is 25.2 Å². The molecule has 0 saturated carbocycles. The van der Waals surface area contributed by atoms with Crippen LogP contribution in [0.4, 0.5) is 16.2 Å². The molecule has 0 heterocycles. The molecule has 0 unspecified atom stereocenters. The first kappa shape index (κ1) is 22.7. The van der Waals surface area contributed by atoms with E-state index in [2.05, 4.69) is 0 Å². The van der Waals surface area contributed by atoms with E-state index < -0.39 is 17.3 Å². The summed E-state index contributed by atoms with van der Waals surface area (Å²) in [6.45, 7) is 0.0489. The molecule has 3 aromatic rings. The van der Waals surface area contributed by atoms with Crippen molar-refractivity contribution in [2.24, 2.45) is 0 Å². The fraction of sp³-hybridized carbons (Fsp3) is 0.174. The highest BCUT2D eigenvalue weighted by molar-refractivity contribution is 5.85. The van der Waals surface area contributed by atoms with Crippen molar-refractivity contribution in [3.63, 3.8) is 0 Å². The van der Waals surface area contributed by atoms with E-state index in [4.69, 9.17) is 19.0 Å². The van der Waals surface area contributed by atoms with Crippen LogP contribution in [0.2, 0.25) is 0 Å². The van der Waals surface area contributed by atoms with E-state index in [1.54, 1.807) is 30.3 Å². The number of hydrogen-bond acceptors (Lipinski definition) is 7. The molecular weight excluding hydrogens is 416 g/mol. The molecule has 32 heavy (non-hydrogen) atoms. The van der Waals surface area contributed by atoms with Gasteiger partial charge in [-0.1, -0.05) is 48.5 Å². The van der Waals surface area contributed by atoms with E-state index in [0.717, 1.165) is 10.6 Å². The molecule has 166 valence electrons. The maximum Gasteiger partial charge on any atom is 0.448 e. The van der Waals surface area contributed by atoms with Gasteiger partial charge in [0.25, 0.3) is 5.69 Å². The fourth-order valence-electron chi connectivity index (χ4n) is 2.94. The van der Waals surface area contributed by atoms with Crippen molar-refractivity contribution < 1.29 is 28.8 Å². The Kier molecular flexibility index (Phi) is 7.74. The van der Waals surface area contributed by atoms with Crippen LogP contribution in [0, 0.1) is 10.1 Å². The average Bonchev–Trinajstić information content (AvgIpc) is 2.83. The van der Waals surface area contributed by atoms with Crippen LogP contribution >= 0.6 is 0 Å². The van der Waals surface area contributed by atoms with Gasteiger partial charge in [0.05, 0.1) is 16.2 Å². The largest absolute Gasteiger partial charge is 0.448 e. The Hall–Kier alpha value is -3.95. The number of anilines is 1. The standard InChI is InChI=1S/C23H22N2O7/c1-29-22(30-2)20-15-19(13-14-21(20)25(27)28)32-24(18-11-7-4-8-12-18)23(26)31-16-17-9-5-3-6-10-17/h3-15,22H,16H2,1-2H3. The van der Waals surface area contributed by atoms with Crippen molar-refractivity contribution in [3.05, 3.63) is 100 Å². The van der Waals surface area contributed by atoms with Gasteiger partial charge in [-0.25, -0.2) is 4.79 Å². The maximum absolute atomic E-state index is 12.8. The molecule has 0 bridgehead atoms. The number of hydroxylamine groups is 1. The number of amides is 1. The minimum absolute atomic E-state index is 0.0489. The predicted molar refractivity (Wildman–Crippen MR) is 116 cm³/mol. The number of hydrogen-bond donors (Lipinski definition) is 0. The predicted octanol–water partition coefficient (Wildman–Crippen LogP) is 5.02. The molecule has 3 rings (SSSR count). The number of carbonyl (C=O) groups excluding carboxylic acids is 1. The number of rotatable bonds is 9. The Morgan fingerprint density at radius 1 is 0.969 bits per heavy atom. The Morgan fingerprint density at radius 2 is 1.59 bits per heavy atom. The summed E-state index contributed by atoms with van der Waals surface area (Å²) in [7, 11) is 2.73. The molecule has 0 aliphatic carbocycles. The number of ether oxygens (including phenoxy) is 3. The second-order valence-corrected chi connectivity index (χ2v) is 6.54. The summed E-state index contributed by atoms with van der Waals surface area (Å²) < 4.78 is 15.7. The van der Waals surface area contributed by atoms with E-state index in [-0.39, 0.29) is 23.6 Å². The molecule has 0 atom stereocenters. The number of para-hydroxylation sites is 1. The fourth-order valence-corrected chi connectivity index (χ4v) is 2.94. The second kappa shape index (κ2) is 10.9. The van der Waals surface area contributed by atoms with Gasteiger partial charge in [-0.05, 0) is 29.8 Å². The van der Waals surface area contributed by atoms with Gasteiger partial charge in [-0.15, -0.1) is 5.06 Å². The van der Waals surface area contributed by atoms with E-state index >= 15 is 0 Å². The van der Waals surface area contributed by atoms with Crippen molar-refractivity contribution in [3.8, 4) is 5.75 Å². The van der Waals surface area contributed by atoms with Gasteiger partial charge in [-0.2, -0.15) is 0 Å². The Bertz CT molecular complexity index is 1040. The Labute approximate surface area is 184 Å². The number of nitro groups is 1. The van der Waals surface area contributed by atoms with Crippen LogP contribution in [0.1, 0.15) is 17.4 Å². The molecule has 0 fully saturated rings. The zero-order chi connectivity index (χ0) is 22.9. The minimum Gasteiger partial charge on any atom is -0.442 e. The van der Waals surface area contributed by atoms with E-state index in [0.29, 0.717) is 5.69 Å². The summed E-state index contributed by atoms with van der Waals surface area (Å²) in [6.07, 6.45) is -1.75. The maximum atomic E-state index is 12.8. The van der Waals surface area contributed by atoms with Gasteiger partial charge in [0.15, 0.2) is 12.0 Å². The van der Waals surface area contributed by atoms with Gasteiger partial charge in [0.2, 0.25) is 0 Å². The van der Waals surface area contributed by atoms with E-state index in [1.807, 2.05) is 30.3 Å². The van der Waals surface area contributed by atoms with Gasteiger partial charge in [0.1, 0.15) is 6.61 Å². The Balaban J connectivity index is 1.88. The van der Waals surface area contributed by atoms with Gasteiger partial charge < -0.3 is 19.0 Å². The molecule has 0 saturated heterocycles. The van der Waals surface area contributed by atoms with E-state index in [9.17, 15) is 14.9 Å². The monoisotopic (exact) mass is 438 g/mol. The molecule has 9 nitrogen and oxygen atoms in total. The van der Waals surface area contributed by atoms with Crippen LogP contribution in [0.15, 0.2) is 78.9 Å². The number of benzene rings is 3. The average molecular weight is 438 g/mol. The molecule has 0 aliphatic rings. The van der Waals surface area contributed by atoms with Crippen LogP contribution < -0.4 is 9.90 Å². The van der Waals surface area contributed by atoms with Gasteiger partial charge in [0, 0.05) is 20.3 Å². The molecule has 3 aromatic carbocycles. The summed E-state index contributed by atoms with van der Waals surface area (Å²) in [5.41, 5.74) is 1.17. The number of carbonyl (C=O) groups is 1. The molecule has 0 aliphatic heterocycles. The molecule has 0 aromatic heterocycles. The van der Waals surface area contributed by atoms with Gasteiger partial charge >= 0.3 is 6.09 Å². The summed E-state index contributed by atoms with van der Waals surface area (Å²) in [5, 5.41) is 12.4. The normalized spacial score (nSPS) is 10.6. The number of nitrogens with zero attached hydrogens (tertiary/aromatic N) is 2. The third-order valence-corrected chi connectivity index (χ3v) is 4.44. The van der Waals surface area contributed by atoms with Crippen LogP contribution in [0.5, 0.6) is 5.75 Å². The van der Waals surface area contributed by atoms with Crippen LogP contribution in [-0.2, 0) is 20.8 Å². The lowest BCUT2D eigenvalue weighted by atomic mass is 10.1. The molecule has 0 spiro atoms. The SMILES string of the molecule is COC(OC)c1cc(ON(C(=O)OCc2ccccc2)c2ccccc2)ccc1[N+](=O)[O-]. The van der Waals surface area contributed by atoms with Crippen molar-refractivity contribution in [1.82, 2.24) is 0 Å². The Morgan fingerprint density at radius 3 is 2.19 bits per heavy atom. The first-order valence-corrected chi connectivity index (χ1v) is 9.61. The van der Waals surface area contributed by atoms with Crippen LogP contribution in [0.25, 0.3) is 0 Å². The third-order valence-electron chi connectivity index (χ3n) is 4.44. The highest BCUT2D eigenvalue weighted by Gasteiger charge is 2.25. The van der Waals surface area contributed by atoms with Crippen molar-refractivity contribution in [1.29, 1.82) is 0 Å². The molecule has 1 amide bonds. The second-order valence-electron chi connectivity index (χ2n) is 6.54. The molecule has 0 radical (unpaired) electrons. The summed E-state index contributed by atoms with van der Waals surface area (Å²) in [5.74, 6) is 0.158. The summed E-state index contributed by atoms with van der Waals surface area (Å²) >= 11 is 0. The quantitative estimate of drug-likeness (QED) is 0.263. The lowest BCUT2D eigenvalue weighted by Gasteiger charge is -2.22. The van der Waals surface area contributed by atoms with Gasteiger partial charge in [-0.3, -0.25) is 10.1 Å². The van der Waals surface area contributed by atoms with Crippen molar-refractivity contribution in [2.75, 3.05) is 19.3 Å². The summed E-state index contributed by atoms with van der Waals surface area (Å²) in [4.78, 5) is 29.5. The lowest BCUT2D eigenvalue weighted by Crippen LogP contribution is -2.34. The summed E-state index contributed by atoms with van der Waals surface area (Å²) in [6, 6.07) is 21.9. The smallest absolute Gasteiger partial charge is 0.442 e. The lowest BCUT2D eigenvalue weighted by molar-refractivity contribution is -0.387. The highest BCUT2D eigenvalue weighted by Crippen LogP contribution is 2.32. The number of methoxy groups -OCH3 is 2. The molecular formula is C23H22N2O7.